The molecule has 0 aliphatic heterocycles. The Morgan fingerprint density at radius 1 is 1.00 bits per heavy atom. The van der Waals surface area contributed by atoms with E-state index in [9.17, 15) is 4.79 Å². The average molecular weight is 648 g/mol. The number of fused-ring (bicyclic) bond motifs is 1. The minimum atomic E-state index is -0.346. The van der Waals surface area contributed by atoms with Crippen molar-refractivity contribution in [1.29, 1.82) is 0 Å². The first-order chi connectivity index (χ1) is 19.0. The number of hydrogen-bond donors (Lipinski definition) is 1. The summed E-state index contributed by atoms with van der Waals surface area (Å²) in [7, 11) is 1.58. The van der Waals surface area contributed by atoms with Crippen molar-refractivity contribution in [2.24, 2.45) is 5.10 Å². The smallest absolute Gasteiger partial charge is 0.272 e. The number of hydrazone groups is 1. The van der Waals surface area contributed by atoms with Gasteiger partial charge in [-0.15, -0.1) is 0 Å². The first kappa shape index (κ1) is 26.6. The molecule has 1 amide bonds. The molecule has 0 saturated heterocycles. The normalized spacial score (nSPS) is 11.1. The zero-order chi connectivity index (χ0) is 27.2. The number of para-hydroxylation sites is 1. The highest BCUT2D eigenvalue weighted by molar-refractivity contribution is 14.1. The summed E-state index contributed by atoms with van der Waals surface area (Å²) in [6.07, 6.45) is 1.55. The van der Waals surface area contributed by atoms with E-state index in [0.717, 1.165) is 25.6 Å². The van der Waals surface area contributed by atoms with E-state index >= 15 is 0 Å². The van der Waals surface area contributed by atoms with Crippen molar-refractivity contribution in [3.63, 3.8) is 0 Å². The molecule has 0 atom stereocenters. The van der Waals surface area contributed by atoms with E-state index in [2.05, 4.69) is 33.1 Å². The Morgan fingerprint density at radius 3 is 2.59 bits per heavy atom. The summed E-state index contributed by atoms with van der Waals surface area (Å²) < 4.78 is 12.6. The van der Waals surface area contributed by atoms with Crippen LogP contribution in [-0.4, -0.2) is 24.2 Å². The molecule has 0 fully saturated rings. The second-order valence-electron chi connectivity index (χ2n) is 8.58. The number of nitrogens with one attached hydrogen (secondary N) is 1. The SMILES string of the molecule is COc1cc(I)cc(/C=N\NC(=O)c2cc(-c3ccccc3)nc3ccccc23)c1OCc1cccc(Cl)c1. The predicted molar refractivity (Wildman–Crippen MR) is 164 cm³/mol. The summed E-state index contributed by atoms with van der Waals surface area (Å²) in [5, 5.41) is 5.64. The predicted octanol–water partition coefficient (Wildman–Crippen LogP) is 7.51. The molecule has 0 bridgehead atoms. The van der Waals surface area contributed by atoms with Crippen LogP contribution in [0.15, 0.2) is 102 Å². The lowest BCUT2D eigenvalue weighted by Crippen LogP contribution is -2.18. The summed E-state index contributed by atoms with van der Waals surface area (Å²) in [5.74, 6) is 0.724. The third-order valence-electron chi connectivity index (χ3n) is 5.94. The lowest BCUT2D eigenvalue weighted by atomic mass is 10.0. The first-order valence-electron chi connectivity index (χ1n) is 12.0. The number of carbonyl (C=O) groups excluding carboxylic acids is 1. The maximum Gasteiger partial charge on any atom is 0.272 e. The fourth-order valence-electron chi connectivity index (χ4n) is 4.11. The molecular weight excluding hydrogens is 625 g/mol. The highest BCUT2D eigenvalue weighted by Crippen LogP contribution is 2.33. The van der Waals surface area contributed by atoms with E-state index in [1.807, 2.05) is 91.0 Å². The molecule has 194 valence electrons. The van der Waals surface area contributed by atoms with Crippen LogP contribution in [0.4, 0.5) is 0 Å². The number of pyridine rings is 1. The maximum absolute atomic E-state index is 13.3. The van der Waals surface area contributed by atoms with Gasteiger partial charge in [-0.2, -0.15) is 5.10 Å². The van der Waals surface area contributed by atoms with Gasteiger partial charge in [-0.05, 0) is 64.6 Å². The van der Waals surface area contributed by atoms with Gasteiger partial charge < -0.3 is 9.47 Å². The van der Waals surface area contributed by atoms with Crippen LogP contribution in [0.1, 0.15) is 21.5 Å². The Morgan fingerprint density at radius 2 is 1.79 bits per heavy atom. The Kier molecular flexibility index (Phi) is 8.39. The third-order valence-corrected chi connectivity index (χ3v) is 6.80. The Bertz CT molecular complexity index is 1680. The molecule has 8 heteroatoms. The van der Waals surface area contributed by atoms with Crippen LogP contribution in [0.2, 0.25) is 5.02 Å². The summed E-state index contributed by atoms with van der Waals surface area (Å²) in [5.41, 5.74) is 7.09. The number of hydrogen-bond acceptors (Lipinski definition) is 5. The van der Waals surface area contributed by atoms with Gasteiger partial charge in [-0.3, -0.25) is 4.79 Å². The summed E-state index contributed by atoms with van der Waals surface area (Å²) in [4.78, 5) is 18.1. The molecule has 0 spiro atoms. The van der Waals surface area contributed by atoms with E-state index < -0.39 is 0 Å². The van der Waals surface area contributed by atoms with Crippen molar-refractivity contribution < 1.29 is 14.3 Å². The Balaban J connectivity index is 1.42. The molecule has 0 aliphatic carbocycles. The zero-order valence-corrected chi connectivity index (χ0v) is 23.8. The molecule has 1 N–H and O–H groups in total. The van der Waals surface area contributed by atoms with E-state index in [4.69, 9.17) is 26.1 Å². The van der Waals surface area contributed by atoms with Gasteiger partial charge in [0.15, 0.2) is 11.5 Å². The molecular formula is C31H23ClIN3O3. The van der Waals surface area contributed by atoms with Gasteiger partial charge in [0.05, 0.1) is 30.1 Å². The molecule has 1 heterocycles. The fourth-order valence-corrected chi connectivity index (χ4v) is 4.94. The second-order valence-corrected chi connectivity index (χ2v) is 10.3. The van der Waals surface area contributed by atoms with Crippen molar-refractivity contribution in [2.75, 3.05) is 7.11 Å². The largest absolute Gasteiger partial charge is 0.493 e. The van der Waals surface area contributed by atoms with Gasteiger partial charge in [0.2, 0.25) is 0 Å². The number of benzene rings is 4. The minimum absolute atomic E-state index is 0.288. The molecule has 5 rings (SSSR count). The summed E-state index contributed by atoms with van der Waals surface area (Å²) in [6, 6.07) is 30.3. The highest BCUT2D eigenvalue weighted by atomic mass is 127. The van der Waals surface area contributed by atoms with Crippen LogP contribution in [-0.2, 0) is 6.61 Å². The molecule has 0 radical (unpaired) electrons. The number of rotatable bonds is 8. The van der Waals surface area contributed by atoms with Crippen LogP contribution in [0.5, 0.6) is 11.5 Å². The maximum atomic E-state index is 13.3. The number of ether oxygens (including phenoxy) is 2. The van der Waals surface area contributed by atoms with Crippen LogP contribution >= 0.6 is 34.2 Å². The molecule has 39 heavy (non-hydrogen) atoms. The van der Waals surface area contributed by atoms with Crippen LogP contribution in [0, 0.1) is 3.57 Å². The van der Waals surface area contributed by atoms with Gasteiger partial charge in [0, 0.05) is 25.1 Å². The molecule has 0 saturated carbocycles. The topological polar surface area (TPSA) is 72.8 Å². The van der Waals surface area contributed by atoms with Crippen molar-refractivity contribution >= 4 is 57.2 Å². The Hall–Kier alpha value is -3.95. The third kappa shape index (κ3) is 6.38. The van der Waals surface area contributed by atoms with E-state index in [1.165, 1.54) is 0 Å². The average Bonchev–Trinajstić information content (AvgIpc) is 2.96. The van der Waals surface area contributed by atoms with Crippen molar-refractivity contribution in [1.82, 2.24) is 10.4 Å². The molecule has 1 aromatic heterocycles. The van der Waals surface area contributed by atoms with Gasteiger partial charge in [-0.1, -0.05) is 72.3 Å². The van der Waals surface area contributed by atoms with E-state index in [0.29, 0.717) is 33.3 Å². The number of carbonyl (C=O) groups is 1. The van der Waals surface area contributed by atoms with Gasteiger partial charge >= 0.3 is 0 Å². The van der Waals surface area contributed by atoms with Crippen LogP contribution in [0.3, 0.4) is 0 Å². The van der Waals surface area contributed by atoms with Crippen LogP contribution < -0.4 is 14.9 Å². The number of aromatic nitrogens is 1. The van der Waals surface area contributed by atoms with Gasteiger partial charge in [0.25, 0.3) is 5.91 Å². The van der Waals surface area contributed by atoms with E-state index in [-0.39, 0.29) is 12.5 Å². The fraction of sp³-hybridized carbons (Fsp3) is 0.0645. The van der Waals surface area contributed by atoms with Gasteiger partial charge in [0.1, 0.15) is 6.61 Å². The van der Waals surface area contributed by atoms with Crippen molar-refractivity contribution in [3.8, 4) is 22.8 Å². The standard InChI is InChI=1S/C31H23ClIN3O3/c1-38-29-16-24(33)15-22(30(29)39-19-20-8-7-11-23(32)14-20)18-34-36-31(37)26-17-28(21-9-3-2-4-10-21)35-27-13-6-5-12-25(26)27/h2-18H,19H2,1H3,(H,36,37)/b34-18-. The lowest BCUT2D eigenvalue weighted by Gasteiger charge is -2.14. The molecule has 4 aromatic carbocycles. The number of amides is 1. The number of halogens is 2. The van der Waals surface area contributed by atoms with Crippen LogP contribution in [0.25, 0.3) is 22.2 Å². The molecule has 0 unspecified atom stereocenters. The molecule has 0 aliphatic rings. The van der Waals surface area contributed by atoms with E-state index in [1.54, 1.807) is 19.4 Å². The highest BCUT2D eigenvalue weighted by Gasteiger charge is 2.15. The second kappa shape index (κ2) is 12.3. The first-order valence-corrected chi connectivity index (χ1v) is 13.5. The Labute approximate surface area is 244 Å². The minimum Gasteiger partial charge on any atom is -0.493 e. The van der Waals surface area contributed by atoms with Gasteiger partial charge in [-0.25, -0.2) is 10.4 Å². The lowest BCUT2D eigenvalue weighted by molar-refractivity contribution is 0.0956. The van der Waals surface area contributed by atoms with Crippen molar-refractivity contribution in [2.45, 2.75) is 6.61 Å². The summed E-state index contributed by atoms with van der Waals surface area (Å²) >= 11 is 8.32. The monoisotopic (exact) mass is 647 g/mol. The molecule has 5 aromatic rings. The number of nitrogens with zero attached hydrogens (tertiary/aromatic N) is 2. The quantitative estimate of drug-likeness (QED) is 0.108. The zero-order valence-electron chi connectivity index (χ0n) is 20.9. The molecule has 6 nitrogen and oxygen atoms in total. The summed E-state index contributed by atoms with van der Waals surface area (Å²) in [6.45, 7) is 0.288. The number of methoxy groups -OCH3 is 1. The van der Waals surface area contributed by atoms with Crippen molar-refractivity contribution in [3.05, 3.63) is 122 Å².